The number of hydrazine groups is 1. The van der Waals surface area contributed by atoms with Gasteiger partial charge >= 0.3 is 0 Å². The number of allylic oxidation sites excluding steroid dienone is 2. The second-order valence-corrected chi connectivity index (χ2v) is 2.69. The Hall–Kier alpha value is -1.29. The molecule has 0 aromatic heterocycles. The third-order valence-electron chi connectivity index (χ3n) is 1.64. The third-order valence-corrected chi connectivity index (χ3v) is 1.73. The highest BCUT2D eigenvalue weighted by atomic mass is 32.1. The Bertz CT molecular complexity index is 294. The van der Waals surface area contributed by atoms with Crippen molar-refractivity contribution in [3.63, 3.8) is 0 Å². The SMILES string of the molecule is O=CNNC1(N=C=S)C=CC=CC1. The van der Waals surface area contributed by atoms with E-state index in [1.807, 2.05) is 24.3 Å². The number of carbonyl (C=O) groups excluding carboxylic acids is 1. The molecule has 1 atom stereocenters. The Morgan fingerprint density at radius 3 is 3.00 bits per heavy atom. The highest BCUT2D eigenvalue weighted by molar-refractivity contribution is 7.78. The maximum atomic E-state index is 10.1. The number of aliphatic imine (C=N–C) groups is 1. The van der Waals surface area contributed by atoms with Crippen LogP contribution in [-0.2, 0) is 4.79 Å². The van der Waals surface area contributed by atoms with Gasteiger partial charge in [-0.2, -0.15) is 0 Å². The fraction of sp³-hybridized carbons (Fsp3) is 0.250. The van der Waals surface area contributed by atoms with Crippen molar-refractivity contribution < 1.29 is 4.79 Å². The summed E-state index contributed by atoms with van der Waals surface area (Å²) in [7, 11) is 0. The summed E-state index contributed by atoms with van der Waals surface area (Å²) in [5.74, 6) is 0. The molecule has 0 aromatic carbocycles. The lowest BCUT2D eigenvalue weighted by molar-refractivity contribution is -0.110. The average molecular weight is 195 g/mol. The zero-order chi connectivity index (χ0) is 9.57. The Balaban J connectivity index is 2.75. The minimum atomic E-state index is -0.669. The van der Waals surface area contributed by atoms with E-state index in [0.29, 0.717) is 12.8 Å². The summed E-state index contributed by atoms with van der Waals surface area (Å²) in [4.78, 5) is 14.0. The maximum absolute atomic E-state index is 10.1. The van der Waals surface area contributed by atoms with Gasteiger partial charge in [0.05, 0.1) is 5.16 Å². The summed E-state index contributed by atoms with van der Waals surface area (Å²) >= 11 is 4.52. The van der Waals surface area contributed by atoms with E-state index in [-0.39, 0.29) is 0 Å². The van der Waals surface area contributed by atoms with Crippen LogP contribution in [0.15, 0.2) is 29.3 Å². The first-order chi connectivity index (χ1) is 6.33. The van der Waals surface area contributed by atoms with E-state index < -0.39 is 5.66 Å². The van der Waals surface area contributed by atoms with Crippen LogP contribution in [0, 0.1) is 0 Å². The molecule has 13 heavy (non-hydrogen) atoms. The van der Waals surface area contributed by atoms with Gasteiger partial charge in [-0.3, -0.25) is 10.2 Å². The summed E-state index contributed by atoms with van der Waals surface area (Å²) in [5.41, 5.74) is 4.41. The lowest BCUT2D eigenvalue weighted by atomic mass is 10.0. The summed E-state index contributed by atoms with van der Waals surface area (Å²) in [6, 6.07) is 0. The Kier molecular flexibility index (Phi) is 3.52. The van der Waals surface area contributed by atoms with Crippen molar-refractivity contribution in [2.75, 3.05) is 0 Å². The van der Waals surface area contributed by atoms with Gasteiger partial charge in [-0.1, -0.05) is 18.2 Å². The van der Waals surface area contributed by atoms with E-state index in [0.717, 1.165) is 0 Å². The van der Waals surface area contributed by atoms with Crippen molar-refractivity contribution in [3.05, 3.63) is 24.3 Å². The third kappa shape index (κ3) is 2.59. The van der Waals surface area contributed by atoms with Crippen LogP contribution in [-0.4, -0.2) is 17.2 Å². The van der Waals surface area contributed by atoms with Gasteiger partial charge in [-0.05, 0) is 18.3 Å². The number of hydrogen-bond donors (Lipinski definition) is 2. The standard InChI is InChI=1S/C8H9N3OS/c12-6-10-11-8(9-7-13)4-2-1-3-5-8/h1-4,6,11H,5H2,(H,10,12). The van der Waals surface area contributed by atoms with Crippen molar-refractivity contribution in [2.24, 2.45) is 4.99 Å². The normalized spacial score (nSPS) is 24.9. The molecule has 0 heterocycles. The second-order valence-electron chi connectivity index (χ2n) is 2.51. The summed E-state index contributed by atoms with van der Waals surface area (Å²) < 4.78 is 0. The molecule has 1 aliphatic rings. The van der Waals surface area contributed by atoms with Crippen LogP contribution < -0.4 is 10.9 Å². The molecule has 0 saturated heterocycles. The number of hydrogen-bond acceptors (Lipinski definition) is 4. The molecule has 0 saturated carbocycles. The topological polar surface area (TPSA) is 53.5 Å². The fourth-order valence-electron chi connectivity index (χ4n) is 1.05. The molecule has 0 bridgehead atoms. The maximum Gasteiger partial charge on any atom is 0.221 e. The van der Waals surface area contributed by atoms with E-state index in [1.165, 1.54) is 0 Å². The molecule has 5 heteroatoms. The van der Waals surface area contributed by atoms with E-state index in [1.54, 1.807) is 0 Å². The predicted molar refractivity (Wildman–Crippen MR) is 53.0 cm³/mol. The summed E-state index contributed by atoms with van der Waals surface area (Å²) in [6.45, 7) is 0. The van der Waals surface area contributed by atoms with Crippen molar-refractivity contribution >= 4 is 23.8 Å². The van der Waals surface area contributed by atoms with E-state index in [9.17, 15) is 4.79 Å². The molecule has 1 aliphatic carbocycles. The smallest absolute Gasteiger partial charge is 0.221 e. The first kappa shape index (κ1) is 9.80. The zero-order valence-corrected chi connectivity index (χ0v) is 7.67. The van der Waals surface area contributed by atoms with Gasteiger partial charge in [0.1, 0.15) is 0 Å². The minimum Gasteiger partial charge on any atom is -0.292 e. The lowest BCUT2D eigenvalue weighted by Gasteiger charge is -2.25. The molecule has 2 N–H and O–H groups in total. The van der Waals surface area contributed by atoms with Crippen LogP contribution in [0.5, 0.6) is 0 Å². The average Bonchev–Trinajstić information content (AvgIpc) is 2.17. The molecule has 0 aliphatic heterocycles. The van der Waals surface area contributed by atoms with Gasteiger partial charge in [0.25, 0.3) is 0 Å². The lowest BCUT2D eigenvalue weighted by Crippen LogP contribution is -2.49. The summed E-state index contributed by atoms with van der Waals surface area (Å²) in [5, 5.41) is 2.29. The largest absolute Gasteiger partial charge is 0.292 e. The van der Waals surface area contributed by atoms with Crippen LogP contribution in [0.2, 0.25) is 0 Å². The van der Waals surface area contributed by atoms with E-state index in [2.05, 4.69) is 33.2 Å². The van der Waals surface area contributed by atoms with E-state index in [4.69, 9.17) is 0 Å². The first-order valence-corrected chi connectivity index (χ1v) is 4.13. The molecule has 0 aromatic rings. The van der Waals surface area contributed by atoms with Crippen molar-refractivity contribution in [2.45, 2.75) is 12.1 Å². The number of amides is 1. The molecule has 68 valence electrons. The van der Waals surface area contributed by atoms with Gasteiger partial charge in [-0.25, -0.2) is 10.4 Å². The van der Waals surface area contributed by atoms with Gasteiger partial charge in [0.15, 0.2) is 5.66 Å². The van der Waals surface area contributed by atoms with Crippen LogP contribution in [0.3, 0.4) is 0 Å². The predicted octanol–water partition coefficient (Wildman–Crippen LogP) is 0.552. The zero-order valence-electron chi connectivity index (χ0n) is 6.86. The number of rotatable bonds is 4. The van der Waals surface area contributed by atoms with Crippen LogP contribution >= 0.6 is 12.2 Å². The Morgan fingerprint density at radius 1 is 1.62 bits per heavy atom. The molecule has 0 spiro atoms. The minimum absolute atomic E-state index is 0.548. The van der Waals surface area contributed by atoms with Crippen LogP contribution in [0.1, 0.15) is 6.42 Å². The molecule has 0 fully saturated rings. The summed E-state index contributed by atoms with van der Waals surface area (Å²) in [6.07, 6.45) is 8.65. The molecule has 1 rings (SSSR count). The van der Waals surface area contributed by atoms with Crippen molar-refractivity contribution in [1.82, 2.24) is 10.9 Å². The number of isothiocyanates is 1. The van der Waals surface area contributed by atoms with Gasteiger partial charge in [0, 0.05) is 6.42 Å². The van der Waals surface area contributed by atoms with Gasteiger partial charge in [0.2, 0.25) is 6.41 Å². The molecule has 1 amide bonds. The fourth-order valence-corrected chi connectivity index (χ4v) is 1.21. The molecule has 0 radical (unpaired) electrons. The highest BCUT2D eigenvalue weighted by Gasteiger charge is 2.24. The number of thiocarbonyl (C=S) groups is 1. The Labute approximate surface area is 81.4 Å². The van der Waals surface area contributed by atoms with Crippen molar-refractivity contribution in [1.29, 1.82) is 0 Å². The second kappa shape index (κ2) is 4.67. The quantitative estimate of drug-likeness (QED) is 0.298. The highest BCUT2D eigenvalue weighted by Crippen LogP contribution is 2.17. The number of nitrogens with one attached hydrogen (secondary N) is 2. The van der Waals surface area contributed by atoms with E-state index >= 15 is 0 Å². The molecular formula is C8H9N3OS. The number of nitrogens with zero attached hydrogens (tertiary/aromatic N) is 1. The first-order valence-electron chi connectivity index (χ1n) is 3.73. The Morgan fingerprint density at radius 2 is 2.46 bits per heavy atom. The number of carbonyl (C=O) groups is 1. The van der Waals surface area contributed by atoms with Gasteiger partial charge in [-0.15, -0.1) is 0 Å². The van der Waals surface area contributed by atoms with Crippen LogP contribution in [0.25, 0.3) is 0 Å². The molecule has 1 unspecified atom stereocenters. The molecule has 4 nitrogen and oxygen atoms in total. The van der Waals surface area contributed by atoms with Crippen LogP contribution in [0.4, 0.5) is 0 Å². The monoisotopic (exact) mass is 195 g/mol. The van der Waals surface area contributed by atoms with Gasteiger partial charge < -0.3 is 0 Å². The molecular weight excluding hydrogens is 186 g/mol. The van der Waals surface area contributed by atoms with Crippen molar-refractivity contribution in [3.8, 4) is 0 Å².